The summed E-state index contributed by atoms with van der Waals surface area (Å²) in [5.41, 5.74) is 0.417. The first kappa shape index (κ1) is 20.0. The quantitative estimate of drug-likeness (QED) is 0.624. The second-order valence-electron chi connectivity index (χ2n) is 6.27. The van der Waals surface area contributed by atoms with Crippen LogP contribution in [0.2, 0.25) is 10.0 Å². The van der Waals surface area contributed by atoms with Gasteiger partial charge in [-0.25, -0.2) is 0 Å². The largest absolute Gasteiger partial charge is 0.355 e. The van der Waals surface area contributed by atoms with Gasteiger partial charge >= 0.3 is 0 Å². The third-order valence-electron chi connectivity index (χ3n) is 4.27. The topological polar surface area (TPSA) is 82.3 Å². The van der Waals surface area contributed by atoms with Gasteiger partial charge in [0.05, 0.1) is 10.7 Å². The minimum atomic E-state index is -0.724. The van der Waals surface area contributed by atoms with Crippen molar-refractivity contribution >= 4 is 40.7 Å². The normalized spacial score (nSPS) is 26.1. The minimum Gasteiger partial charge on any atom is -0.355 e. The van der Waals surface area contributed by atoms with Gasteiger partial charge in [-0.15, -0.1) is 0 Å². The van der Waals surface area contributed by atoms with Gasteiger partial charge in [-0.2, -0.15) is 0 Å². The molecule has 1 fully saturated rings. The molecule has 25 heavy (non-hydrogen) atoms. The number of piperazine rings is 1. The molecule has 0 saturated carbocycles. The highest BCUT2D eigenvalue weighted by Gasteiger charge is 2.40. The zero-order valence-corrected chi connectivity index (χ0v) is 16.0. The molecule has 4 atom stereocenters. The monoisotopic (exact) mass is 386 g/mol. The number of carbonyl (C=O) groups excluding carboxylic acids is 2. The Balaban J connectivity index is 2.17. The lowest BCUT2D eigenvalue weighted by atomic mass is 9.97. The minimum absolute atomic E-state index is 0.0285. The Hall–Kier alpha value is -1.34. The summed E-state index contributed by atoms with van der Waals surface area (Å²) in [5, 5.41) is 12.9. The van der Waals surface area contributed by atoms with Gasteiger partial charge in [-0.05, 0) is 38.5 Å². The number of carbonyl (C=O) groups is 2. The predicted octanol–water partition coefficient (Wildman–Crippen LogP) is 2.17. The predicted molar refractivity (Wildman–Crippen MR) is 101 cm³/mol. The van der Waals surface area contributed by atoms with Crippen LogP contribution in [0.4, 0.5) is 5.69 Å². The molecule has 0 aromatic heterocycles. The van der Waals surface area contributed by atoms with E-state index in [9.17, 15) is 9.59 Å². The number of amides is 2. The van der Waals surface area contributed by atoms with Crippen molar-refractivity contribution in [3.63, 3.8) is 0 Å². The van der Waals surface area contributed by atoms with Crippen molar-refractivity contribution in [1.29, 1.82) is 0 Å². The second-order valence-corrected chi connectivity index (χ2v) is 7.11. The Morgan fingerprint density at radius 1 is 1.08 bits per heavy atom. The molecule has 1 aromatic rings. The van der Waals surface area contributed by atoms with E-state index in [1.54, 1.807) is 18.2 Å². The van der Waals surface area contributed by atoms with Gasteiger partial charge in [0.2, 0.25) is 11.8 Å². The fraction of sp³-hybridized carbons (Fsp3) is 0.529. The first-order valence-corrected chi connectivity index (χ1v) is 9.14. The van der Waals surface area contributed by atoms with E-state index in [-0.39, 0.29) is 23.9 Å². The number of anilines is 1. The Labute approximate surface area is 158 Å². The van der Waals surface area contributed by atoms with Crippen molar-refractivity contribution in [2.75, 3.05) is 11.9 Å². The fourth-order valence-electron chi connectivity index (χ4n) is 2.66. The standard InChI is InChI=1S/C17H24Cl2N4O2/c1-4-7-20-16(24)14-15(22-10(3)9(2)21-14)17(25)23-13-8-11(18)5-6-12(13)19/h5-6,8-10,14-15,21-22H,4,7H2,1-3H3,(H,20,24)(H,23,25). The van der Waals surface area contributed by atoms with Crippen LogP contribution in [-0.4, -0.2) is 42.5 Å². The molecule has 1 saturated heterocycles. The lowest BCUT2D eigenvalue weighted by Crippen LogP contribution is -2.71. The third kappa shape index (κ3) is 5.07. The van der Waals surface area contributed by atoms with Crippen LogP contribution >= 0.6 is 23.2 Å². The lowest BCUT2D eigenvalue weighted by molar-refractivity contribution is -0.129. The molecule has 0 radical (unpaired) electrons. The van der Waals surface area contributed by atoms with Crippen molar-refractivity contribution in [2.45, 2.75) is 51.4 Å². The highest BCUT2D eigenvalue weighted by atomic mass is 35.5. The average Bonchev–Trinajstić information content (AvgIpc) is 2.57. The maximum atomic E-state index is 12.8. The zero-order valence-electron chi connectivity index (χ0n) is 14.5. The summed E-state index contributed by atoms with van der Waals surface area (Å²) in [7, 11) is 0. The van der Waals surface area contributed by atoms with E-state index in [0.29, 0.717) is 22.3 Å². The average molecular weight is 387 g/mol. The molecule has 1 aliphatic heterocycles. The molecule has 8 heteroatoms. The molecular formula is C17H24Cl2N4O2. The van der Waals surface area contributed by atoms with E-state index in [1.165, 1.54) is 0 Å². The van der Waals surface area contributed by atoms with Crippen LogP contribution in [-0.2, 0) is 9.59 Å². The summed E-state index contributed by atoms with van der Waals surface area (Å²) in [5.74, 6) is -0.544. The van der Waals surface area contributed by atoms with Crippen LogP contribution < -0.4 is 21.3 Å². The van der Waals surface area contributed by atoms with Gasteiger partial charge in [0.15, 0.2) is 0 Å². The van der Waals surface area contributed by atoms with Crippen LogP contribution in [0.3, 0.4) is 0 Å². The number of hydrogen-bond donors (Lipinski definition) is 4. The Kier molecular flexibility index (Phi) is 7.07. The Morgan fingerprint density at radius 3 is 2.28 bits per heavy atom. The number of nitrogens with one attached hydrogen (secondary N) is 4. The molecule has 6 nitrogen and oxygen atoms in total. The second kappa shape index (κ2) is 8.85. The van der Waals surface area contributed by atoms with E-state index in [2.05, 4.69) is 21.3 Å². The van der Waals surface area contributed by atoms with E-state index in [1.807, 2.05) is 20.8 Å². The summed E-state index contributed by atoms with van der Waals surface area (Å²) in [6.07, 6.45) is 0.826. The third-order valence-corrected chi connectivity index (χ3v) is 4.83. The lowest BCUT2D eigenvalue weighted by Gasteiger charge is -2.39. The smallest absolute Gasteiger partial charge is 0.243 e. The summed E-state index contributed by atoms with van der Waals surface area (Å²) in [6.45, 7) is 6.47. The molecule has 1 heterocycles. The number of hydrogen-bond acceptors (Lipinski definition) is 4. The van der Waals surface area contributed by atoms with Gasteiger partial charge in [-0.3, -0.25) is 9.59 Å². The molecule has 4 unspecified atom stereocenters. The van der Waals surface area contributed by atoms with Gasteiger partial charge in [-0.1, -0.05) is 30.1 Å². The summed E-state index contributed by atoms with van der Waals surface area (Å²) in [6, 6.07) is 3.52. The SMILES string of the molecule is CCCNC(=O)C1NC(C)C(C)NC1C(=O)Nc1cc(Cl)ccc1Cl. The molecule has 1 aliphatic rings. The summed E-state index contributed by atoms with van der Waals surface area (Å²) >= 11 is 12.1. The van der Waals surface area contributed by atoms with Gasteiger partial charge in [0.1, 0.15) is 12.1 Å². The van der Waals surface area contributed by atoms with Gasteiger partial charge < -0.3 is 21.3 Å². The van der Waals surface area contributed by atoms with E-state index < -0.39 is 12.1 Å². The highest BCUT2D eigenvalue weighted by Crippen LogP contribution is 2.26. The maximum Gasteiger partial charge on any atom is 0.243 e. The molecule has 0 aliphatic carbocycles. The first-order valence-electron chi connectivity index (χ1n) is 8.39. The van der Waals surface area contributed by atoms with Crippen LogP contribution in [0.25, 0.3) is 0 Å². The number of benzene rings is 1. The van der Waals surface area contributed by atoms with Gasteiger partial charge in [0.25, 0.3) is 0 Å². The molecule has 0 bridgehead atoms. The highest BCUT2D eigenvalue weighted by molar-refractivity contribution is 6.35. The number of halogens is 2. The molecule has 2 rings (SSSR count). The van der Waals surface area contributed by atoms with E-state index >= 15 is 0 Å². The van der Waals surface area contributed by atoms with E-state index in [0.717, 1.165) is 6.42 Å². The number of rotatable bonds is 5. The van der Waals surface area contributed by atoms with E-state index in [4.69, 9.17) is 23.2 Å². The maximum absolute atomic E-state index is 12.8. The first-order chi connectivity index (χ1) is 11.8. The molecular weight excluding hydrogens is 363 g/mol. The van der Waals surface area contributed by atoms with Crippen molar-refractivity contribution in [3.05, 3.63) is 28.2 Å². The molecule has 0 spiro atoms. The Bertz CT molecular complexity index is 641. The van der Waals surface area contributed by atoms with Crippen molar-refractivity contribution in [3.8, 4) is 0 Å². The van der Waals surface area contributed by atoms with Crippen molar-refractivity contribution in [2.24, 2.45) is 0 Å². The zero-order chi connectivity index (χ0) is 18.6. The summed E-state index contributed by atoms with van der Waals surface area (Å²) in [4.78, 5) is 25.2. The molecule has 138 valence electrons. The molecule has 2 amide bonds. The van der Waals surface area contributed by atoms with Crippen molar-refractivity contribution < 1.29 is 9.59 Å². The van der Waals surface area contributed by atoms with Crippen LogP contribution in [0.5, 0.6) is 0 Å². The van der Waals surface area contributed by atoms with Crippen LogP contribution in [0, 0.1) is 0 Å². The molecule has 4 N–H and O–H groups in total. The van der Waals surface area contributed by atoms with Crippen LogP contribution in [0.1, 0.15) is 27.2 Å². The summed E-state index contributed by atoms with van der Waals surface area (Å²) < 4.78 is 0. The molecule has 1 aromatic carbocycles. The fourth-order valence-corrected chi connectivity index (χ4v) is 3.00. The van der Waals surface area contributed by atoms with Crippen molar-refractivity contribution in [1.82, 2.24) is 16.0 Å². The van der Waals surface area contributed by atoms with Crippen LogP contribution in [0.15, 0.2) is 18.2 Å². The van der Waals surface area contributed by atoms with Gasteiger partial charge in [0, 0.05) is 23.7 Å². The Morgan fingerprint density at radius 2 is 1.68 bits per heavy atom.